The van der Waals surface area contributed by atoms with Crippen molar-refractivity contribution in [3.8, 4) is 0 Å². The number of carbonyl (C=O) groups excluding carboxylic acids is 1. The Bertz CT molecular complexity index is 278. The Morgan fingerprint density at radius 2 is 2.17 bits per heavy atom. The molecule has 6 heteroatoms. The van der Waals surface area contributed by atoms with Crippen molar-refractivity contribution in [1.29, 1.82) is 0 Å². The third kappa shape index (κ3) is 3.57. The van der Waals surface area contributed by atoms with E-state index in [4.69, 9.17) is 9.47 Å². The van der Waals surface area contributed by atoms with Crippen LogP contribution in [0.15, 0.2) is 0 Å². The van der Waals surface area contributed by atoms with E-state index in [2.05, 4.69) is 12.2 Å². The van der Waals surface area contributed by atoms with E-state index in [0.717, 1.165) is 13.0 Å². The number of halogens is 1. The molecule has 0 aliphatic carbocycles. The number of morpholine rings is 2. The van der Waals surface area contributed by atoms with Gasteiger partial charge >= 0.3 is 0 Å². The molecule has 1 unspecified atom stereocenters. The van der Waals surface area contributed by atoms with Gasteiger partial charge in [0.2, 0.25) is 5.91 Å². The van der Waals surface area contributed by atoms with Gasteiger partial charge in [0.25, 0.3) is 0 Å². The minimum Gasteiger partial charge on any atom is -0.375 e. The Morgan fingerprint density at radius 3 is 2.83 bits per heavy atom. The molecule has 2 aliphatic heterocycles. The number of carbonyl (C=O) groups is 1. The first-order valence-corrected chi connectivity index (χ1v) is 6.47. The number of nitrogens with zero attached hydrogens (tertiary/aromatic N) is 1. The average Bonchev–Trinajstić information content (AvgIpc) is 2.38. The predicted molar refractivity (Wildman–Crippen MR) is 71.1 cm³/mol. The molecule has 0 aromatic carbocycles. The average molecular weight is 279 g/mol. The summed E-state index contributed by atoms with van der Waals surface area (Å²) in [6, 6.07) is -0.195. The van der Waals surface area contributed by atoms with Crippen LogP contribution in [-0.2, 0) is 14.3 Å². The van der Waals surface area contributed by atoms with Crippen molar-refractivity contribution in [3.05, 3.63) is 0 Å². The SMILES string of the molecule is CCC1CN(C(=O)[C@H]2NCCO[C@@H]2C)CCO1.Cl. The third-order valence-electron chi connectivity index (χ3n) is 3.49. The lowest BCUT2D eigenvalue weighted by Gasteiger charge is -2.37. The highest BCUT2D eigenvalue weighted by Crippen LogP contribution is 2.13. The van der Waals surface area contributed by atoms with Gasteiger partial charge < -0.3 is 19.7 Å². The summed E-state index contributed by atoms with van der Waals surface area (Å²) in [5.74, 6) is 0.152. The molecule has 1 N–H and O–H groups in total. The molecule has 5 nitrogen and oxygen atoms in total. The number of ether oxygens (including phenoxy) is 2. The van der Waals surface area contributed by atoms with Crippen LogP contribution >= 0.6 is 12.4 Å². The molecule has 1 amide bonds. The fraction of sp³-hybridized carbons (Fsp3) is 0.917. The first kappa shape index (κ1) is 15.7. The van der Waals surface area contributed by atoms with Crippen LogP contribution < -0.4 is 5.32 Å². The van der Waals surface area contributed by atoms with Gasteiger partial charge in [-0.25, -0.2) is 0 Å². The Hall–Kier alpha value is -0.360. The fourth-order valence-electron chi connectivity index (χ4n) is 2.37. The molecule has 18 heavy (non-hydrogen) atoms. The lowest BCUT2D eigenvalue weighted by molar-refractivity contribution is -0.146. The van der Waals surface area contributed by atoms with Crippen LogP contribution in [0.1, 0.15) is 20.3 Å². The zero-order valence-corrected chi connectivity index (χ0v) is 11.9. The molecule has 2 rings (SSSR count). The summed E-state index contributed by atoms with van der Waals surface area (Å²) >= 11 is 0. The summed E-state index contributed by atoms with van der Waals surface area (Å²) in [5, 5.41) is 3.24. The van der Waals surface area contributed by atoms with Gasteiger partial charge in [-0.05, 0) is 13.3 Å². The maximum Gasteiger partial charge on any atom is 0.242 e. The van der Waals surface area contributed by atoms with E-state index in [1.165, 1.54) is 0 Å². The number of rotatable bonds is 2. The summed E-state index contributed by atoms with van der Waals surface area (Å²) < 4.78 is 11.1. The van der Waals surface area contributed by atoms with Crippen molar-refractivity contribution >= 4 is 18.3 Å². The van der Waals surface area contributed by atoms with Crippen LogP contribution in [0.25, 0.3) is 0 Å². The number of hydrogen-bond donors (Lipinski definition) is 1. The largest absolute Gasteiger partial charge is 0.375 e. The second-order valence-corrected chi connectivity index (χ2v) is 4.69. The number of nitrogens with one attached hydrogen (secondary N) is 1. The van der Waals surface area contributed by atoms with E-state index < -0.39 is 0 Å². The van der Waals surface area contributed by atoms with Crippen LogP contribution in [0.2, 0.25) is 0 Å². The van der Waals surface area contributed by atoms with Gasteiger partial charge in [-0.15, -0.1) is 12.4 Å². The second-order valence-electron chi connectivity index (χ2n) is 4.69. The lowest BCUT2D eigenvalue weighted by atomic mass is 10.1. The summed E-state index contributed by atoms with van der Waals surface area (Å²) in [4.78, 5) is 14.3. The molecule has 3 atom stereocenters. The maximum atomic E-state index is 12.4. The van der Waals surface area contributed by atoms with Crippen molar-refractivity contribution in [2.45, 2.75) is 38.5 Å². The molecule has 0 radical (unpaired) electrons. The minimum atomic E-state index is -0.195. The minimum absolute atomic E-state index is 0. The zero-order valence-electron chi connectivity index (χ0n) is 11.1. The van der Waals surface area contributed by atoms with Gasteiger partial charge in [0.1, 0.15) is 6.04 Å². The molecular formula is C12H23ClN2O3. The molecule has 106 valence electrons. The lowest BCUT2D eigenvalue weighted by Crippen LogP contribution is -2.59. The number of amides is 1. The Kier molecular flexibility index (Phi) is 6.35. The van der Waals surface area contributed by atoms with Gasteiger partial charge in [0.05, 0.1) is 25.4 Å². The van der Waals surface area contributed by atoms with E-state index in [1.807, 2.05) is 11.8 Å². The molecule has 2 fully saturated rings. The Morgan fingerprint density at radius 1 is 1.39 bits per heavy atom. The fourth-order valence-corrected chi connectivity index (χ4v) is 2.37. The highest BCUT2D eigenvalue weighted by Gasteiger charge is 2.33. The first-order valence-electron chi connectivity index (χ1n) is 6.47. The van der Waals surface area contributed by atoms with Gasteiger partial charge in [0, 0.05) is 19.6 Å². The number of hydrogen-bond acceptors (Lipinski definition) is 4. The van der Waals surface area contributed by atoms with E-state index >= 15 is 0 Å². The normalized spacial score (nSPS) is 32.8. The highest BCUT2D eigenvalue weighted by atomic mass is 35.5. The predicted octanol–water partition coefficient (Wildman–Crippen LogP) is 0.422. The van der Waals surface area contributed by atoms with Crippen LogP contribution in [0.3, 0.4) is 0 Å². The Labute approximate surface area is 115 Å². The third-order valence-corrected chi connectivity index (χ3v) is 3.49. The molecular weight excluding hydrogens is 256 g/mol. The van der Waals surface area contributed by atoms with Crippen LogP contribution in [0.5, 0.6) is 0 Å². The molecule has 0 spiro atoms. The molecule has 2 heterocycles. The second kappa shape index (κ2) is 7.28. The standard InChI is InChI=1S/C12H22N2O3.ClH/c1-3-10-8-14(5-7-17-10)12(15)11-9(2)16-6-4-13-11;/h9-11,13H,3-8H2,1-2H3;1H/t9-,10?,11+;/m1./s1. The van der Waals surface area contributed by atoms with E-state index in [0.29, 0.717) is 26.3 Å². The maximum absolute atomic E-state index is 12.4. The summed E-state index contributed by atoms with van der Waals surface area (Å²) in [7, 11) is 0. The van der Waals surface area contributed by atoms with E-state index in [-0.39, 0.29) is 36.6 Å². The van der Waals surface area contributed by atoms with Gasteiger partial charge in [-0.3, -0.25) is 4.79 Å². The van der Waals surface area contributed by atoms with E-state index in [1.54, 1.807) is 0 Å². The Balaban J connectivity index is 0.00000162. The smallest absolute Gasteiger partial charge is 0.242 e. The molecule has 2 saturated heterocycles. The van der Waals surface area contributed by atoms with Crippen LogP contribution in [0.4, 0.5) is 0 Å². The molecule has 0 aromatic heterocycles. The molecule has 0 saturated carbocycles. The van der Waals surface area contributed by atoms with Crippen molar-refractivity contribution in [2.75, 3.05) is 32.8 Å². The molecule has 0 aromatic rings. The van der Waals surface area contributed by atoms with Crippen molar-refractivity contribution < 1.29 is 14.3 Å². The first-order chi connectivity index (χ1) is 8.22. The van der Waals surface area contributed by atoms with E-state index in [9.17, 15) is 4.79 Å². The summed E-state index contributed by atoms with van der Waals surface area (Å²) in [6.07, 6.45) is 1.10. The zero-order chi connectivity index (χ0) is 12.3. The topological polar surface area (TPSA) is 50.8 Å². The van der Waals surface area contributed by atoms with Crippen LogP contribution in [0, 0.1) is 0 Å². The van der Waals surface area contributed by atoms with Gasteiger partial charge in [-0.2, -0.15) is 0 Å². The van der Waals surface area contributed by atoms with Crippen molar-refractivity contribution in [3.63, 3.8) is 0 Å². The summed E-state index contributed by atoms with van der Waals surface area (Å²) in [5.41, 5.74) is 0. The molecule has 2 aliphatic rings. The highest BCUT2D eigenvalue weighted by molar-refractivity contribution is 5.85. The quantitative estimate of drug-likeness (QED) is 0.796. The molecule has 0 bridgehead atoms. The van der Waals surface area contributed by atoms with Crippen LogP contribution in [-0.4, -0.2) is 61.9 Å². The van der Waals surface area contributed by atoms with Gasteiger partial charge in [0.15, 0.2) is 0 Å². The van der Waals surface area contributed by atoms with Gasteiger partial charge in [-0.1, -0.05) is 6.92 Å². The van der Waals surface area contributed by atoms with Crippen molar-refractivity contribution in [2.24, 2.45) is 0 Å². The summed E-state index contributed by atoms with van der Waals surface area (Å²) in [6.45, 7) is 7.52. The van der Waals surface area contributed by atoms with Crippen molar-refractivity contribution in [1.82, 2.24) is 10.2 Å². The monoisotopic (exact) mass is 278 g/mol.